The van der Waals surface area contributed by atoms with Gasteiger partial charge in [-0.25, -0.2) is 0 Å². The predicted molar refractivity (Wildman–Crippen MR) is 150 cm³/mol. The lowest BCUT2D eigenvalue weighted by Crippen LogP contribution is -2.35. The number of benzene rings is 4. The number of hydrogen-bond acceptors (Lipinski definition) is 1. The maximum Gasteiger partial charge on any atom is 0.235 e. The Kier molecular flexibility index (Phi) is 7.83. The molecule has 0 N–H and O–H groups in total. The van der Waals surface area contributed by atoms with E-state index >= 15 is 0 Å². The first-order valence-corrected chi connectivity index (χ1v) is 12.9. The monoisotopic (exact) mass is 504 g/mol. The van der Waals surface area contributed by atoms with Crippen LogP contribution in [0, 0.1) is 0 Å². The van der Waals surface area contributed by atoms with Crippen molar-refractivity contribution in [2.75, 3.05) is 0 Å². The van der Waals surface area contributed by atoms with Gasteiger partial charge >= 0.3 is 0 Å². The van der Waals surface area contributed by atoms with Gasteiger partial charge in [-0.3, -0.25) is 4.79 Å². The van der Waals surface area contributed by atoms with Gasteiger partial charge in [0, 0.05) is 30.0 Å². The summed E-state index contributed by atoms with van der Waals surface area (Å²) in [7, 11) is 0. The second-order valence-corrected chi connectivity index (χ2v) is 9.56. The lowest BCUT2D eigenvalue weighted by molar-refractivity contribution is -0.133. The Morgan fingerprint density at radius 3 is 1.86 bits per heavy atom. The van der Waals surface area contributed by atoms with Crippen LogP contribution in [0.2, 0.25) is 5.02 Å². The second kappa shape index (κ2) is 11.8. The van der Waals surface area contributed by atoms with Crippen molar-refractivity contribution in [2.45, 2.75) is 25.6 Å². The van der Waals surface area contributed by atoms with Gasteiger partial charge in [0.25, 0.3) is 0 Å². The van der Waals surface area contributed by atoms with Crippen LogP contribution in [-0.4, -0.2) is 15.4 Å². The Morgan fingerprint density at radius 2 is 1.24 bits per heavy atom. The number of hydrogen-bond donors (Lipinski definition) is 0. The quantitative estimate of drug-likeness (QED) is 0.203. The smallest absolute Gasteiger partial charge is 0.235 e. The van der Waals surface area contributed by atoms with E-state index in [1.807, 2.05) is 114 Å². The van der Waals surface area contributed by atoms with Crippen molar-refractivity contribution in [1.82, 2.24) is 9.47 Å². The van der Waals surface area contributed by atoms with Crippen LogP contribution in [0.1, 0.15) is 33.9 Å². The van der Waals surface area contributed by atoms with Crippen molar-refractivity contribution < 1.29 is 4.79 Å². The number of nitrogens with zero attached hydrogens (tertiary/aromatic N) is 2. The van der Waals surface area contributed by atoms with Crippen molar-refractivity contribution in [3.8, 4) is 0 Å². The molecule has 3 nitrogen and oxygen atoms in total. The molecule has 5 aromatic rings. The summed E-state index contributed by atoms with van der Waals surface area (Å²) in [6.45, 7) is 1.66. The molecule has 4 aromatic carbocycles. The third-order valence-electron chi connectivity index (χ3n) is 6.62. The van der Waals surface area contributed by atoms with Gasteiger partial charge in [-0.05, 0) is 40.5 Å². The maximum absolute atomic E-state index is 14.4. The number of amides is 1. The minimum atomic E-state index is -0.391. The van der Waals surface area contributed by atoms with E-state index in [1.165, 1.54) is 0 Å². The van der Waals surface area contributed by atoms with Gasteiger partial charge in [-0.2, -0.15) is 0 Å². The number of carbonyl (C=O) groups excluding carboxylic acids is 1. The number of carbonyl (C=O) groups is 1. The second-order valence-electron chi connectivity index (χ2n) is 9.15. The molecule has 0 aliphatic heterocycles. The van der Waals surface area contributed by atoms with Crippen LogP contribution in [0.5, 0.6) is 0 Å². The third-order valence-corrected chi connectivity index (χ3v) is 6.98. The van der Waals surface area contributed by atoms with E-state index in [1.54, 1.807) is 0 Å². The highest BCUT2D eigenvalue weighted by molar-refractivity contribution is 6.31. The minimum Gasteiger partial charge on any atom is -0.345 e. The van der Waals surface area contributed by atoms with Crippen LogP contribution in [0.15, 0.2) is 134 Å². The van der Waals surface area contributed by atoms with E-state index in [-0.39, 0.29) is 5.91 Å². The zero-order valence-corrected chi connectivity index (χ0v) is 21.3. The van der Waals surface area contributed by atoms with Gasteiger partial charge in [-0.1, -0.05) is 121 Å². The van der Waals surface area contributed by atoms with E-state index in [0.29, 0.717) is 19.6 Å². The Labute approximate surface area is 223 Å². The summed E-state index contributed by atoms with van der Waals surface area (Å²) in [6.07, 6.45) is 2.05. The molecule has 5 rings (SSSR count). The largest absolute Gasteiger partial charge is 0.345 e. The highest BCUT2D eigenvalue weighted by atomic mass is 35.5. The number of rotatable bonds is 9. The zero-order chi connectivity index (χ0) is 25.5. The van der Waals surface area contributed by atoms with Gasteiger partial charge in [0.1, 0.15) is 0 Å². The fourth-order valence-corrected chi connectivity index (χ4v) is 4.92. The fraction of sp³-hybridized carbons (Fsp3) is 0.121. The lowest BCUT2D eigenvalue weighted by atomic mass is 9.89. The SMILES string of the molecule is O=C(C(c1ccccc1)c1ccccc1)N(Cc1ccccc1)Cc1cccn1Cc1ccccc1Cl. The van der Waals surface area contributed by atoms with Crippen LogP contribution in [0.25, 0.3) is 0 Å². The molecule has 1 heterocycles. The maximum atomic E-state index is 14.4. The first-order valence-electron chi connectivity index (χ1n) is 12.5. The Bertz CT molecular complexity index is 1390. The number of halogens is 1. The molecule has 184 valence electrons. The van der Waals surface area contributed by atoms with Crippen molar-refractivity contribution in [2.24, 2.45) is 0 Å². The first kappa shape index (κ1) is 24.6. The van der Waals surface area contributed by atoms with Crippen LogP contribution in [0.3, 0.4) is 0 Å². The van der Waals surface area contributed by atoms with Gasteiger partial charge in [0.15, 0.2) is 0 Å². The molecular weight excluding hydrogens is 476 g/mol. The van der Waals surface area contributed by atoms with Crippen LogP contribution < -0.4 is 0 Å². The molecule has 37 heavy (non-hydrogen) atoms. The zero-order valence-electron chi connectivity index (χ0n) is 20.6. The van der Waals surface area contributed by atoms with Gasteiger partial charge in [0.2, 0.25) is 5.91 Å². The molecule has 4 heteroatoms. The molecule has 1 aromatic heterocycles. The molecule has 0 saturated heterocycles. The summed E-state index contributed by atoms with van der Waals surface area (Å²) in [6, 6.07) is 42.3. The molecule has 0 atom stereocenters. The molecule has 0 unspecified atom stereocenters. The van der Waals surface area contributed by atoms with E-state index in [2.05, 4.69) is 29.0 Å². The average Bonchev–Trinajstić information content (AvgIpc) is 3.38. The van der Waals surface area contributed by atoms with E-state index < -0.39 is 5.92 Å². The summed E-state index contributed by atoms with van der Waals surface area (Å²) >= 11 is 6.46. The summed E-state index contributed by atoms with van der Waals surface area (Å²) in [5.41, 5.74) is 5.18. The Balaban J connectivity index is 1.50. The highest BCUT2D eigenvalue weighted by Crippen LogP contribution is 2.29. The Morgan fingerprint density at radius 1 is 0.676 bits per heavy atom. The molecule has 0 spiro atoms. The molecule has 0 fully saturated rings. The van der Waals surface area contributed by atoms with E-state index in [4.69, 9.17) is 11.6 Å². The highest BCUT2D eigenvalue weighted by Gasteiger charge is 2.28. The Hall–Kier alpha value is -4.08. The molecule has 0 aliphatic carbocycles. The minimum absolute atomic E-state index is 0.0757. The molecular formula is C33H29ClN2O. The average molecular weight is 505 g/mol. The van der Waals surface area contributed by atoms with E-state index in [0.717, 1.165) is 33.0 Å². The van der Waals surface area contributed by atoms with Crippen molar-refractivity contribution >= 4 is 17.5 Å². The number of aromatic nitrogens is 1. The summed E-state index contributed by atoms with van der Waals surface area (Å²) in [5.74, 6) is -0.315. The van der Waals surface area contributed by atoms with Crippen molar-refractivity contribution in [1.29, 1.82) is 0 Å². The normalized spacial score (nSPS) is 11.0. The molecule has 0 aliphatic rings. The molecule has 0 radical (unpaired) electrons. The topological polar surface area (TPSA) is 25.2 Å². The summed E-state index contributed by atoms with van der Waals surface area (Å²) in [5, 5.41) is 0.743. The predicted octanol–water partition coefficient (Wildman–Crippen LogP) is 7.55. The van der Waals surface area contributed by atoms with Crippen molar-refractivity contribution in [3.05, 3.63) is 167 Å². The lowest BCUT2D eigenvalue weighted by Gasteiger charge is -2.29. The van der Waals surface area contributed by atoms with Crippen LogP contribution in [-0.2, 0) is 24.4 Å². The molecule has 0 saturated carbocycles. The standard InChI is InChI=1S/C33H29ClN2O/c34-31-21-11-10-19-29(31)24-35-22-12-20-30(35)25-36(23-26-13-4-1-5-14-26)33(37)32(27-15-6-2-7-16-27)28-17-8-3-9-18-28/h1-22,32H,23-25H2. The third kappa shape index (κ3) is 6.02. The first-order chi connectivity index (χ1) is 18.2. The molecule has 0 bridgehead atoms. The summed E-state index contributed by atoms with van der Waals surface area (Å²) in [4.78, 5) is 16.4. The van der Waals surface area contributed by atoms with Crippen LogP contribution >= 0.6 is 11.6 Å². The van der Waals surface area contributed by atoms with Crippen LogP contribution in [0.4, 0.5) is 0 Å². The van der Waals surface area contributed by atoms with E-state index in [9.17, 15) is 4.79 Å². The van der Waals surface area contributed by atoms with Gasteiger partial charge in [-0.15, -0.1) is 0 Å². The fourth-order valence-electron chi connectivity index (χ4n) is 4.72. The van der Waals surface area contributed by atoms with Gasteiger partial charge < -0.3 is 9.47 Å². The van der Waals surface area contributed by atoms with Gasteiger partial charge in [0.05, 0.1) is 12.5 Å². The summed E-state index contributed by atoms with van der Waals surface area (Å²) < 4.78 is 2.17. The van der Waals surface area contributed by atoms with Crippen molar-refractivity contribution in [3.63, 3.8) is 0 Å². The molecule has 1 amide bonds.